The topological polar surface area (TPSA) is 105 Å². The number of benzene rings is 1. The molecule has 256 valence electrons. The molecule has 9 aliphatic rings. The van der Waals surface area contributed by atoms with Crippen molar-refractivity contribution in [2.24, 2.45) is 47.3 Å². The molecule has 3 saturated carbocycles. The molecule has 4 aliphatic carbocycles. The summed E-state index contributed by atoms with van der Waals surface area (Å²) in [7, 11) is 0. The Morgan fingerprint density at radius 3 is 1.28 bits per heavy atom. The summed E-state index contributed by atoms with van der Waals surface area (Å²) in [4.78, 5) is 0. The highest BCUT2D eigenvalue weighted by atomic mass is 16.5. The zero-order chi connectivity index (χ0) is 30.9. The van der Waals surface area contributed by atoms with Crippen molar-refractivity contribution in [1.29, 1.82) is 0 Å². The van der Waals surface area contributed by atoms with Gasteiger partial charge < -0.3 is 4.74 Å². The van der Waals surface area contributed by atoms with Crippen LogP contribution in [0, 0.1) is 47.3 Å². The Morgan fingerprint density at radius 1 is 0.447 bits per heavy atom. The molecule has 8 fully saturated rings. The molecule has 10 rings (SSSR count). The number of fused-ring (bicyclic) bond motifs is 20. The lowest BCUT2D eigenvalue weighted by Gasteiger charge is -2.37. The first-order valence-electron chi connectivity index (χ1n) is 19.7. The van der Waals surface area contributed by atoms with E-state index in [1.54, 1.807) is 0 Å². The second-order valence-electron chi connectivity index (χ2n) is 16.8. The molecule has 0 spiro atoms. The largest absolute Gasteiger partial charge is 0.490 e. The summed E-state index contributed by atoms with van der Waals surface area (Å²) >= 11 is 0. The van der Waals surface area contributed by atoms with Gasteiger partial charge in [-0.1, -0.05) is 68.9 Å². The van der Waals surface area contributed by atoms with E-state index < -0.39 is 0 Å². The van der Waals surface area contributed by atoms with E-state index in [0.717, 1.165) is 12.2 Å². The van der Waals surface area contributed by atoms with Crippen LogP contribution in [-0.2, 0) is 0 Å². The van der Waals surface area contributed by atoms with Crippen LogP contribution in [0.1, 0.15) is 83.5 Å². The van der Waals surface area contributed by atoms with Crippen molar-refractivity contribution in [3.05, 3.63) is 42.5 Å². The van der Waals surface area contributed by atoms with Crippen molar-refractivity contribution >= 4 is 0 Å². The summed E-state index contributed by atoms with van der Waals surface area (Å²) in [6.45, 7) is 0. The molecule has 1 aromatic carbocycles. The van der Waals surface area contributed by atoms with Crippen LogP contribution >= 0.6 is 0 Å². The summed E-state index contributed by atoms with van der Waals surface area (Å²) in [5.74, 6) is 5.74. The van der Waals surface area contributed by atoms with Gasteiger partial charge in [-0.25, -0.2) is 0 Å². The minimum atomic E-state index is 0.125. The van der Waals surface area contributed by atoms with Crippen molar-refractivity contribution in [2.75, 3.05) is 0 Å². The Bertz CT molecular complexity index is 1280. The third-order valence-electron chi connectivity index (χ3n) is 14.5. The van der Waals surface area contributed by atoms with Crippen molar-refractivity contribution in [2.45, 2.75) is 139 Å². The van der Waals surface area contributed by atoms with Gasteiger partial charge in [-0.3, -0.25) is 42.5 Å². The fraction of sp³-hybridized carbons (Fsp3) is 0.789. The van der Waals surface area contributed by atoms with Crippen LogP contribution in [0.2, 0.25) is 0 Å². The van der Waals surface area contributed by atoms with Crippen molar-refractivity contribution < 1.29 is 4.74 Å². The zero-order valence-electron chi connectivity index (χ0n) is 28.0. The third-order valence-corrected chi connectivity index (χ3v) is 14.5. The average molecular weight is 643 g/mol. The van der Waals surface area contributed by atoms with Crippen LogP contribution in [-0.4, -0.2) is 55.4 Å². The Hall–Kier alpha value is -1.56. The van der Waals surface area contributed by atoms with E-state index in [0.29, 0.717) is 84.3 Å². The fourth-order valence-electron chi connectivity index (χ4n) is 12.4. The summed E-state index contributed by atoms with van der Waals surface area (Å²) in [5.41, 5.74) is 0. The maximum atomic E-state index is 6.84. The summed E-state index contributed by atoms with van der Waals surface area (Å²) in [5, 5.41) is 33.8. The molecule has 0 amide bonds. The predicted molar refractivity (Wildman–Crippen MR) is 183 cm³/mol. The highest BCUT2D eigenvalue weighted by Crippen LogP contribution is 2.45. The third kappa shape index (κ3) is 5.43. The highest BCUT2D eigenvalue weighted by molar-refractivity contribution is 5.23. The average Bonchev–Trinajstić information content (AvgIpc) is 3.85. The van der Waals surface area contributed by atoms with Crippen LogP contribution in [0.15, 0.2) is 42.5 Å². The zero-order valence-corrected chi connectivity index (χ0v) is 28.0. The van der Waals surface area contributed by atoms with Crippen LogP contribution in [0.3, 0.4) is 0 Å². The molecule has 5 aliphatic heterocycles. The molecule has 0 radical (unpaired) electrons. The molecule has 9 heteroatoms. The molecule has 1 aromatic rings. The molecule has 8 N–H and O–H groups in total. The van der Waals surface area contributed by atoms with E-state index in [9.17, 15) is 0 Å². The molecular weight excluding hydrogens is 584 g/mol. The SMILES string of the molecule is C1=CC2C3NC4NC(NC5NC(NC6NC(NC(N3)C2C(Oc2ccccc2)C1)C1CCCCC61)C1CCCCC51)C1CCCCC41. The molecule has 8 bridgehead atoms. The maximum Gasteiger partial charge on any atom is 0.119 e. The van der Waals surface area contributed by atoms with E-state index in [-0.39, 0.29) is 18.4 Å². The Kier molecular flexibility index (Phi) is 8.15. The summed E-state index contributed by atoms with van der Waals surface area (Å²) in [6, 6.07) is 10.5. The summed E-state index contributed by atoms with van der Waals surface area (Å²) < 4.78 is 6.84. The number of hydrogen-bond acceptors (Lipinski definition) is 9. The predicted octanol–water partition coefficient (Wildman–Crippen LogP) is 3.44. The molecule has 0 aromatic heterocycles. The van der Waals surface area contributed by atoms with E-state index in [1.165, 1.54) is 77.0 Å². The first-order chi connectivity index (χ1) is 23.3. The van der Waals surface area contributed by atoms with Gasteiger partial charge in [0.25, 0.3) is 0 Å². The minimum absolute atomic E-state index is 0.125. The second-order valence-corrected chi connectivity index (χ2v) is 16.8. The standard InChI is InChI=1S/C38H58N8O/c1-2-11-21(12-3-1)47-29-20-10-19-28-30(29)38-45-36-27-18-9-8-17-26(27)34(43-36)41-32-23-14-5-4-13-22(23)31(39-32)40-33-24-15-6-7-16-25(24)35(42-33)44-37(28)46-38/h1-3,10-12,19,22-46H,4-9,13-18,20H2. The lowest BCUT2D eigenvalue weighted by atomic mass is 9.76. The normalized spacial score (nSPS) is 51.9. The summed E-state index contributed by atoms with van der Waals surface area (Å²) in [6.07, 6.45) is 24.5. The van der Waals surface area contributed by atoms with Crippen molar-refractivity contribution in [3.63, 3.8) is 0 Å². The van der Waals surface area contributed by atoms with E-state index in [2.05, 4.69) is 85.0 Å². The van der Waals surface area contributed by atoms with Gasteiger partial charge in [0, 0.05) is 18.3 Å². The fourth-order valence-corrected chi connectivity index (χ4v) is 12.4. The van der Waals surface area contributed by atoms with Gasteiger partial charge in [0.2, 0.25) is 0 Å². The number of ether oxygens (including phenoxy) is 1. The number of para-hydroxylation sites is 1. The van der Waals surface area contributed by atoms with Gasteiger partial charge in [0.05, 0.1) is 49.3 Å². The van der Waals surface area contributed by atoms with Gasteiger partial charge in [-0.2, -0.15) is 0 Å². The van der Waals surface area contributed by atoms with Crippen LogP contribution in [0.25, 0.3) is 0 Å². The molecule has 47 heavy (non-hydrogen) atoms. The van der Waals surface area contributed by atoms with E-state index in [1.807, 2.05) is 0 Å². The van der Waals surface area contributed by atoms with E-state index in [4.69, 9.17) is 4.74 Å². The smallest absolute Gasteiger partial charge is 0.119 e. The molecule has 17 unspecified atom stereocenters. The van der Waals surface area contributed by atoms with Gasteiger partial charge in [-0.05, 0) is 86.2 Å². The van der Waals surface area contributed by atoms with Gasteiger partial charge in [-0.15, -0.1) is 0 Å². The minimum Gasteiger partial charge on any atom is -0.490 e. The van der Waals surface area contributed by atoms with Gasteiger partial charge >= 0.3 is 0 Å². The quantitative estimate of drug-likeness (QED) is 0.231. The Balaban J connectivity index is 0.998. The Labute approximate surface area is 281 Å². The number of nitrogens with one attached hydrogen (secondary N) is 8. The number of rotatable bonds is 2. The first-order valence-corrected chi connectivity index (χ1v) is 19.7. The number of hydrogen-bond donors (Lipinski definition) is 8. The monoisotopic (exact) mass is 642 g/mol. The lowest BCUT2D eigenvalue weighted by Crippen LogP contribution is -2.62. The van der Waals surface area contributed by atoms with E-state index >= 15 is 0 Å². The van der Waals surface area contributed by atoms with Gasteiger partial charge in [0.15, 0.2) is 0 Å². The highest BCUT2D eigenvalue weighted by Gasteiger charge is 2.55. The second kappa shape index (κ2) is 12.6. The molecule has 5 saturated heterocycles. The molecular formula is C38H58N8O. The van der Waals surface area contributed by atoms with Crippen LogP contribution in [0.4, 0.5) is 0 Å². The molecule has 5 heterocycles. The Morgan fingerprint density at radius 2 is 0.830 bits per heavy atom. The lowest BCUT2D eigenvalue weighted by molar-refractivity contribution is 0.0855. The van der Waals surface area contributed by atoms with Crippen LogP contribution in [0.5, 0.6) is 5.75 Å². The molecule has 9 nitrogen and oxygen atoms in total. The van der Waals surface area contributed by atoms with Crippen molar-refractivity contribution in [1.82, 2.24) is 42.5 Å². The molecule has 17 atom stereocenters. The maximum absolute atomic E-state index is 6.84. The van der Waals surface area contributed by atoms with Crippen LogP contribution < -0.4 is 47.3 Å². The first kappa shape index (κ1) is 30.3. The van der Waals surface area contributed by atoms with Crippen molar-refractivity contribution in [3.8, 4) is 5.75 Å². The van der Waals surface area contributed by atoms with Gasteiger partial charge in [0.1, 0.15) is 11.9 Å².